The highest BCUT2D eigenvalue weighted by molar-refractivity contribution is 7.98. The van der Waals surface area contributed by atoms with Gasteiger partial charge in [0.1, 0.15) is 6.04 Å². The van der Waals surface area contributed by atoms with Gasteiger partial charge in [0.25, 0.3) is 0 Å². The third kappa shape index (κ3) is 5.45. The number of benzene rings is 1. The molecule has 0 spiro atoms. The van der Waals surface area contributed by atoms with Crippen LogP contribution in [0.3, 0.4) is 0 Å². The third-order valence-corrected chi connectivity index (χ3v) is 3.22. The summed E-state index contributed by atoms with van der Waals surface area (Å²) in [5.41, 5.74) is 0.958. The van der Waals surface area contributed by atoms with E-state index in [1.165, 1.54) is 0 Å². The molecular formula is C14H21NO2S. The van der Waals surface area contributed by atoms with E-state index >= 15 is 0 Å². The first kappa shape index (κ1) is 14.9. The molecule has 0 aliphatic heterocycles. The molecule has 1 rings (SSSR count). The molecule has 0 aromatic heterocycles. The molecule has 0 aliphatic rings. The van der Waals surface area contributed by atoms with Gasteiger partial charge in [0.2, 0.25) is 0 Å². The first-order valence-electron chi connectivity index (χ1n) is 6.25. The molecule has 4 heteroatoms. The number of nitrogens with one attached hydrogen (secondary N) is 1. The first-order valence-corrected chi connectivity index (χ1v) is 7.64. The van der Waals surface area contributed by atoms with Crippen LogP contribution in [-0.4, -0.2) is 30.6 Å². The van der Waals surface area contributed by atoms with E-state index in [9.17, 15) is 4.79 Å². The van der Waals surface area contributed by atoms with Crippen LogP contribution in [-0.2, 0) is 9.53 Å². The highest BCUT2D eigenvalue weighted by Gasteiger charge is 2.18. The van der Waals surface area contributed by atoms with Crippen molar-refractivity contribution in [2.75, 3.05) is 23.9 Å². The Morgan fingerprint density at radius 3 is 2.72 bits per heavy atom. The Morgan fingerprint density at radius 1 is 1.39 bits per heavy atom. The van der Waals surface area contributed by atoms with E-state index in [4.69, 9.17) is 4.74 Å². The number of anilines is 1. The van der Waals surface area contributed by atoms with E-state index < -0.39 is 0 Å². The molecule has 0 saturated carbocycles. The Hall–Kier alpha value is -1.16. The van der Waals surface area contributed by atoms with Crippen molar-refractivity contribution in [2.45, 2.75) is 25.8 Å². The van der Waals surface area contributed by atoms with Gasteiger partial charge >= 0.3 is 5.97 Å². The molecule has 1 aromatic rings. The Kier molecular flexibility index (Phi) is 7.34. The van der Waals surface area contributed by atoms with E-state index in [0.717, 1.165) is 24.3 Å². The van der Waals surface area contributed by atoms with Crippen molar-refractivity contribution in [3.8, 4) is 0 Å². The van der Waals surface area contributed by atoms with Gasteiger partial charge in [-0.05, 0) is 43.9 Å². The molecule has 0 radical (unpaired) electrons. The van der Waals surface area contributed by atoms with Crippen LogP contribution in [0, 0.1) is 0 Å². The molecule has 1 aromatic carbocycles. The zero-order chi connectivity index (χ0) is 13.2. The third-order valence-electron chi connectivity index (χ3n) is 2.53. The highest BCUT2D eigenvalue weighted by atomic mass is 32.2. The molecule has 0 amide bonds. The van der Waals surface area contributed by atoms with Crippen molar-refractivity contribution in [3.63, 3.8) is 0 Å². The summed E-state index contributed by atoms with van der Waals surface area (Å²) >= 11 is 1.80. The number of hydrogen-bond acceptors (Lipinski definition) is 4. The average Bonchev–Trinajstić information content (AvgIpc) is 2.39. The standard InChI is InChI=1S/C14H21NO2S/c1-3-17-14(16)13(10-7-11-18-2)15-12-8-5-4-6-9-12/h4-6,8-9,13,15H,3,7,10-11H2,1-2H3. The monoisotopic (exact) mass is 267 g/mol. The minimum atomic E-state index is -0.250. The van der Waals surface area contributed by atoms with Crippen molar-refractivity contribution in [2.24, 2.45) is 0 Å². The second-order valence-corrected chi connectivity index (χ2v) is 4.94. The van der Waals surface area contributed by atoms with Crippen LogP contribution in [0.25, 0.3) is 0 Å². The molecule has 1 unspecified atom stereocenters. The maximum Gasteiger partial charge on any atom is 0.328 e. The molecule has 0 fully saturated rings. The van der Waals surface area contributed by atoms with Crippen LogP contribution in [0.5, 0.6) is 0 Å². The summed E-state index contributed by atoms with van der Waals surface area (Å²) in [7, 11) is 0. The van der Waals surface area contributed by atoms with Gasteiger partial charge in [-0.1, -0.05) is 18.2 Å². The smallest absolute Gasteiger partial charge is 0.328 e. The summed E-state index contributed by atoms with van der Waals surface area (Å²) in [5.74, 6) is 0.897. The van der Waals surface area contributed by atoms with Gasteiger partial charge < -0.3 is 10.1 Å². The van der Waals surface area contributed by atoms with Crippen LogP contribution in [0.2, 0.25) is 0 Å². The fraction of sp³-hybridized carbons (Fsp3) is 0.500. The number of para-hydroxylation sites is 1. The van der Waals surface area contributed by atoms with Gasteiger partial charge in [-0.2, -0.15) is 11.8 Å². The second-order valence-electron chi connectivity index (χ2n) is 3.95. The van der Waals surface area contributed by atoms with Crippen molar-refractivity contribution >= 4 is 23.4 Å². The fourth-order valence-electron chi connectivity index (χ4n) is 1.66. The van der Waals surface area contributed by atoms with Crippen molar-refractivity contribution in [1.29, 1.82) is 0 Å². The van der Waals surface area contributed by atoms with Gasteiger partial charge in [0.05, 0.1) is 6.61 Å². The first-order chi connectivity index (χ1) is 8.77. The van der Waals surface area contributed by atoms with Crippen LogP contribution in [0.4, 0.5) is 5.69 Å². The van der Waals surface area contributed by atoms with E-state index in [0.29, 0.717) is 6.61 Å². The lowest BCUT2D eigenvalue weighted by molar-refractivity contribution is -0.144. The molecule has 0 aliphatic carbocycles. The van der Waals surface area contributed by atoms with Crippen molar-refractivity contribution in [3.05, 3.63) is 30.3 Å². The van der Waals surface area contributed by atoms with Gasteiger partial charge in [-0.25, -0.2) is 4.79 Å². The number of carbonyl (C=O) groups is 1. The molecule has 0 heterocycles. The number of esters is 1. The SMILES string of the molecule is CCOC(=O)C(CCCSC)Nc1ccccc1. The quantitative estimate of drug-likeness (QED) is 0.580. The van der Waals surface area contributed by atoms with E-state index in [-0.39, 0.29) is 12.0 Å². The summed E-state index contributed by atoms with van der Waals surface area (Å²) in [6.45, 7) is 2.26. The lowest BCUT2D eigenvalue weighted by Gasteiger charge is -2.18. The molecule has 3 nitrogen and oxygen atoms in total. The van der Waals surface area contributed by atoms with Crippen molar-refractivity contribution in [1.82, 2.24) is 0 Å². The molecular weight excluding hydrogens is 246 g/mol. The fourth-order valence-corrected chi connectivity index (χ4v) is 2.11. The molecule has 0 bridgehead atoms. The lowest BCUT2D eigenvalue weighted by Crippen LogP contribution is -2.31. The van der Waals surface area contributed by atoms with Gasteiger partial charge in [0.15, 0.2) is 0 Å². The van der Waals surface area contributed by atoms with Crippen LogP contribution < -0.4 is 5.32 Å². The normalized spacial score (nSPS) is 11.9. The zero-order valence-corrected chi connectivity index (χ0v) is 11.8. The van der Waals surface area contributed by atoms with Gasteiger partial charge in [-0.3, -0.25) is 0 Å². The van der Waals surface area contributed by atoms with Crippen LogP contribution in [0.1, 0.15) is 19.8 Å². The summed E-state index contributed by atoms with van der Waals surface area (Å²) in [4.78, 5) is 11.9. The Bertz CT molecular complexity index is 343. The molecule has 100 valence electrons. The van der Waals surface area contributed by atoms with E-state index in [2.05, 4.69) is 11.6 Å². The number of hydrogen-bond donors (Lipinski definition) is 1. The molecule has 1 atom stereocenters. The predicted octanol–water partition coefficient (Wildman–Crippen LogP) is 3.17. The zero-order valence-electron chi connectivity index (χ0n) is 11.0. The van der Waals surface area contributed by atoms with Crippen molar-refractivity contribution < 1.29 is 9.53 Å². The summed E-state index contributed by atoms with van der Waals surface area (Å²) in [5, 5.41) is 3.24. The maximum atomic E-state index is 11.9. The molecule has 0 saturated heterocycles. The summed E-state index contributed by atoms with van der Waals surface area (Å²) < 4.78 is 5.10. The van der Waals surface area contributed by atoms with Gasteiger partial charge in [0, 0.05) is 5.69 Å². The predicted molar refractivity (Wildman–Crippen MR) is 78.1 cm³/mol. The Balaban J connectivity index is 2.56. The average molecular weight is 267 g/mol. The van der Waals surface area contributed by atoms with Crippen LogP contribution >= 0.6 is 11.8 Å². The topological polar surface area (TPSA) is 38.3 Å². The minimum Gasteiger partial charge on any atom is -0.464 e. The van der Waals surface area contributed by atoms with E-state index in [1.54, 1.807) is 11.8 Å². The van der Waals surface area contributed by atoms with Crippen LogP contribution in [0.15, 0.2) is 30.3 Å². The Labute approximate surface area is 113 Å². The molecule has 1 N–H and O–H groups in total. The summed E-state index contributed by atoms with van der Waals surface area (Å²) in [6.07, 6.45) is 3.88. The highest BCUT2D eigenvalue weighted by Crippen LogP contribution is 2.12. The van der Waals surface area contributed by atoms with Gasteiger partial charge in [-0.15, -0.1) is 0 Å². The largest absolute Gasteiger partial charge is 0.464 e. The minimum absolute atomic E-state index is 0.164. The number of carbonyl (C=O) groups excluding carboxylic acids is 1. The lowest BCUT2D eigenvalue weighted by atomic mass is 10.1. The summed E-state index contributed by atoms with van der Waals surface area (Å²) in [6, 6.07) is 9.53. The number of ether oxygens (including phenoxy) is 1. The second kappa shape index (κ2) is 8.86. The number of rotatable bonds is 8. The molecule has 18 heavy (non-hydrogen) atoms. The van der Waals surface area contributed by atoms with E-state index in [1.807, 2.05) is 37.3 Å². The Morgan fingerprint density at radius 2 is 2.11 bits per heavy atom. The number of thioether (sulfide) groups is 1. The maximum absolute atomic E-state index is 11.9.